The molecule has 0 fully saturated rings. The molecule has 3 N–H and O–H groups in total. The van der Waals surface area contributed by atoms with E-state index in [0.717, 1.165) is 6.07 Å². The first-order chi connectivity index (χ1) is 8.29. The van der Waals surface area contributed by atoms with Crippen LogP contribution in [-0.2, 0) is 11.2 Å². The zero-order valence-electron chi connectivity index (χ0n) is 11.0. The summed E-state index contributed by atoms with van der Waals surface area (Å²) in [7, 11) is 0. The minimum absolute atomic E-state index is 0. The summed E-state index contributed by atoms with van der Waals surface area (Å²) >= 11 is 0. The molecule has 0 atom stereocenters. The molecular weight excluding hydrogens is 274 g/mol. The van der Waals surface area contributed by atoms with Gasteiger partial charge in [-0.15, -0.1) is 12.4 Å². The van der Waals surface area contributed by atoms with E-state index >= 15 is 0 Å². The van der Waals surface area contributed by atoms with Crippen molar-refractivity contribution >= 4 is 18.3 Å². The van der Waals surface area contributed by atoms with E-state index in [1.165, 1.54) is 12.1 Å². The van der Waals surface area contributed by atoms with Crippen molar-refractivity contribution in [1.29, 1.82) is 0 Å². The Balaban J connectivity index is 0.00000324. The predicted octanol–water partition coefficient (Wildman–Crippen LogP) is 2.17. The van der Waals surface area contributed by atoms with Gasteiger partial charge in [-0.05, 0) is 31.9 Å². The Morgan fingerprint density at radius 2 is 2.00 bits per heavy atom. The average Bonchev–Trinajstić information content (AvgIpc) is 2.27. The van der Waals surface area contributed by atoms with Gasteiger partial charge in [0, 0.05) is 18.5 Å². The van der Waals surface area contributed by atoms with E-state index in [2.05, 4.69) is 5.32 Å². The minimum Gasteiger partial charge on any atom is -0.354 e. The fourth-order valence-electron chi connectivity index (χ4n) is 1.40. The van der Waals surface area contributed by atoms with Crippen LogP contribution in [0.4, 0.5) is 8.78 Å². The number of nitrogens with two attached hydrogens (primary N) is 1. The van der Waals surface area contributed by atoms with Gasteiger partial charge < -0.3 is 11.1 Å². The molecule has 0 unspecified atom stereocenters. The normalized spacial score (nSPS) is 10.8. The van der Waals surface area contributed by atoms with Crippen LogP contribution in [0.5, 0.6) is 0 Å². The number of halogens is 3. The number of carbonyl (C=O) groups is 1. The second-order valence-electron chi connectivity index (χ2n) is 4.98. The smallest absolute Gasteiger partial charge is 0.220 e. The van der Waals surface area contributed by atoms with Crippen LogP contribution in [-0.4, -0.2) is 18.0 Å². The highest BCUT2D eigenvalue weighted by Crippen LogP contribution is 2.13. The van der Waals surface area contributed by atoms with Gasteiger partial charge in [0.05, 0.1) is 0 Å². The highest BCUT2D eigenvalue weighted by molar-refractivity contribution is 5.85. The molecule has 0 radical (unpaired) electrons. The van der Waals surface area contributed by atoms with Crippen LogP contribution in [0.2, 0.25) is 0 Å². The molecule has 0 spiro atoms. The molecule has 1 aromatic rings. The number of hydrogen-bond donors (Lipinski definition) is 2. The Morgan fingerprint density at radius 3 is 2.58 bits per heavy atom. The maximum Gasteiger partial charge on any atom is 0.220 e. The summed E-state index contributed by atoms with van der Waals surface area (Å²) < 4.78 is 26.2. The molecule has 0 aromatic heterocycles. The average molecular weight is 293 g/mol. The van der Waals surface area contributed by atoms with Gasteiger partial charge in [-0.2, -0.15) is 0 Å². The van der Waals surface area contributed by atoms with Gasteiger partial charge in [-0.1, -0.05) is 12.1 Å². The molecule has 19 heavy (non-hydrogen) atoms. The largest absolute Gasteiger partial charge is 0.354 e. The van der Waals surface area contributed by atoms with Crippen LogP contribution in [0.3, 0.4) is 0 Å². The minimum atomic E-state index is -0.893. The molecular formula is C13H19ClF2N2O. The van der Waals surface area contributed by atoms with Crippen molar-refractivity contribution < 1.29 is 13.6 Å². The number of carbonyl (C=O) groups excluding carboxylic acids is 1. The van der Waals surface area contributed by atoms with Crippen LogP contribution in [0.1, 0.15) is 25.8 Å². The van der Waals surface area contributed by atoms with Gasteiger partial charge in [-0.3, -0.25) is 4.79 Å². The molecule has 1 aromatic carbocycles. The predicted molar refractivity (Wildman–Crippen MR) is 73.2 cm³/mol. The van der Waals surface area contributed by atoms with Gasteiger partial charge in [0.1, 0.15) is 0 Å². The summed E-state index contributed by atoms with van der Waals surface area (Å²) in [4.78, 5) is 11.5. The van der Waals surface area contributed by atoms with E-state index in [9.17, 15) is 13.6 Å². The van der Waals surface area contributed by atoms with Gasteiger partial charge in [-0.25, -0.2) is 8.78 Å². The van der Waals surface area contributed by atoms with Crippen molar-refractivity contribution in [3.05, 3.63) is 35.4 Å². The topological polar surface area (TPSA) is 55.1 Å². The number of aryl methyl sites for hydroxylation is 1. The zero-order chi connectivity index (χ0) is 13.8. The van der Waals surface area contributed by atoms with E-state index < -0.39 is 17.2 Å². The highest BCUT2D eigenvalue weighted by Gasteiger charge is 2.13. The lowest BCUT2D eigenvalue weighted by Gasteiger charge is -2.18. The Kier molecular flexibility index (Phi) is 6.94. The second kappa shape index (κ2) is 7.40. The van der Waals surface area contributed by atoms with Crippen LogP contribution in [0, 0.1) is 11.6 Å². The zero-order valence-corrected chi connectivity index (χ0v) is 11.8. The Bertz CT molecular complexity index is 433. The Labute approximate surface area is 118 Å². The Morgan fingerprint density at radius 1 is 1.37 bits per heavy atom. The SMILES string of the molecule is CC(C)(N)CNC(=O)CCc1cccc(F)c1F.Cl. The van der Waals surface area contributed by atoms with Crippen molar-refractivity contribution in [3.63, 3.8) is 0 Å². The summed E-state index contributed by atoms with van der Waals surface area (Å²) in [5.41, 5.74) is 5.43. The lowest BCUT2D eigenvalue weighted by molar-refractivity contribution is -0.121. The van der Waals surface area contributed by atoms with E-state index in [0.29, 0.717) is 6.54 Å². The first kappa shape index (κ1) is 17.8. The summed E-state index contributed by atoms with van der Waals surface area (Å²) in [6.07, 6.45) is 0.275. The van der Waals surface area contributed by atoms with Crippen LogP contribution in [0.15, 0.2) is 18.2 Å². The first-order valence-electron chi connectivity index (χ1n) is 5.78. The molecule has 0 saturated heterocycles. The van der Waals surface area contributed by atoms with E-state index in [1.807, 2.05) is 0 Å². The summed E-state index contributed by atoms with van der Waals surface area (Å²) in [5, 5.41) is 2.65. The molecule has 6 heteroatoms. The standard InChI is InChI=1S/C13H18F2N2O.ClH/c1-13(2,16)8-17-11(18)7-6-9-4-3-5-10(14)12(9)15;/h3-5H,6-8,16H2,1-2H3,(H,17,18);1H. The fraction of sp³-hybridized carbons (Fsp3) is 0.462. The highest BCUT2D eigenvalue weighted by atomic mass is 35.5. The third-order valence-corrected chi connectivity index (χ3v) is 2.39. The van der Waals surface area contributed by atoms with Crippen LogP contribution < -0.4 is 11.1 Å². The fourth-order valence-corrected chi connectivity index (χ4v) is 1.40. The van der Waals surface area contributed by atoms with Gasteiger partial charge in [0.25, 0.3) is 0 Å². The van der Waals surface area contributed by atoms with Crippen molar-refractivity contribution in [2.24, 2.45) is 5.73 Å². The van der Waals surface area contributed by atoms with Crippen molar-refractivity contribution in [2.45, 2.75) is 32.2 Å². The summed E-state index contributed by atoms with van der Waals surface area (Å²) in [6.45, 7) is 3.93. The van der Waals surface area contributed by atoms with Crippen molar-refractivity contribution in [1.82, 2.24) is 5.32 Å². The Hall–Kier alpha value is -1.20. The van der Waals surface area contributed by atoms with Gasteiger partial charge >= 0.3 is 0 Å². The van der Waals surface area contributed by atoms with E-state index in [-0.39, 0.29) is 36.7 Å². The van der Waals surface area contributed by atoms with Gasteiger partial charge in [0.2, 0.25) is 5.91 Å². The first-order valence-corrected chi connectivity index (χ1v) is 5.78. The summed E-state index contributed by atoms with van der Waals surface area (Å²) in [6, 6.07) is 3.95. The molecule has 0 saturated carbocycles. The van der Waals surface area contributed by atoms with Crippen LogP contribution >= 0.6 is 12.4 Å². The molecule has 1 amide bonds. The summed E-state index contributed by atoms with van der Waals surface area (Å²) in [5.74, 6) is -2.00. The van der Waals surface area contributed by atoms with Crippen molar-refractivity contribution in [2.75, 3.05) is 6.54 Å². The number of amides is 1. The molecule has 108 valence electrons. The maximum atomic E-state index is 13.3. The van der Waals surface area contributed by atoms with Gasteiger partial charge in [0.15, 0.2) is 11.6 Å². The molecule has 1 rings (SSSR count). The number of rotatable bonds is 5. The number of hydrogen-bond acceptors (Lipinski definition) is 2. The third-order valence-electron chi connectivity index (χ3n) is 2.39. The molecule has 0 aliphatic heterocycles. The van der Waals surface area contributed by atoms with E-state index in [4.69, 9.17) is 5.73 Å². The van der Waals surface area contributed by atoms with Crippen LogP contribution in [0.25, 0.3) is 0 Å². The molecule has 0 aliphatic carbocycles. The molecule has 0 heterocycles. The lowest BCUT2D eigenvalue weighted by atomic mass is 10.1. The molecule has 0 bridgehead atoms. The third kappa shape index (κ3) is 6.50. The number of nitrogens with one attached hydrogen (secondary N) is 1. The molecule has 3 nitrogen and oxygen atoms in total. The molecule has 0 aliphatic rings. The van der Waals surface area contributed by atoms with E-state index in [1.54, 1.807) is 13.8 Å². The quantitative estimate of drug-likeness (QED) is 0.874. The monoisotopic (exact) mass is 292 g/mol. The maximum absolute atomic E-state index is 13.3. The second-order valence-corrected chi connectivity index (χ2v) is 4.98. The van der Waals surface area contributed by atoms with Crippen molar-refractivity contribution in [3.8, 4) is 0 Å². The number of benzene rings is 1. The lowest BCUT2D eigenvalue weighted by Crippen LogP contribution is -2.45.